The Hall–Kier alpha value is -1.65. The van der Waals surface area contributed by atoms with Gasteiger partial charge in [-0.3, -0.25) is 4.79 Å². The summed E-state index contributed by atoms with van der Waals surface area (Å²) in [6.07, 6.45) is 3.44. The fourth-order valence-corrected chi connectivity index (χ4v) is 1.18. The summed E-state index contributed by atoms with van der Waals surface area (Å²) in [5.74, 6) is 0.575. The topological polar surface area (TPSA) is 84.4 Å². The Morgan fingerprint density at radius 1 is 1.38 bits per heavy atom. The van der Waals surface area contributed by atoms with Crippen molar-refractivity contribution in [1.82, 2.24) is 10.2 Å². The number of carbonyl (C=O) groups excluding carboxylic acids is 1. The molecule has 0 bridgehead atoms. The van der Waals surface area contributed by atoms with Crippen LogP contribution in [0.15, 0.2) is 23.7 Å². The van der Waals surface area contributed by atoms with Gasteiger partial charge in [0.1, 0.15) is 0 Å². The van der Waals surface area contributed by atoms with Gasteiger partial charge in [-0.15, -0.1) is 0 Å². The smallest absolute Gasteiger partial charge is 0.239 e. The maximum Gasteiger partial charge on any atom is 0.239 e. The Balaban J connectivity index is 0.00000106. The molecule has 0 saturated carbocycles. The van der Waals surface area contributed by atoms with Gasteiger partial charge in [0.2, 0.25) is 5.91 Å². The molecule has 0 aromatic carbocycles. The van der Waals surface area contributed by atoms with E-state index in [9.17, 15) is 4.79 Å². The van der Waals surface area contributed by atoms with Crippen LogP contribution in [0.4, 0.5) is 0 Å². The molecular weight excluding hydrogens is 204 g/mol. The van der Waals surface area contributed by atoms with Crippen molar-refractivity contribution in [3.63, 3.8) is 0 Å². The molecule has 1 amide bonds. The molecule has 5 heteroatoms. The van der Waals surface area contributed by atoms with Gasteiger partial charge < -0.3 is 21.7 Å². The normalized spacial score (nSPS) is 17.4. The second-order valence-corrected chi connectivity index (χ2v) is 3.27. The molecule has 5 nitrogen and oxygen atoms in total. The molecule has 1 aliphatic rings. The van der Waals surface area contributed by atoms with Crippen LogP contribution >= 0.6 is 0 Å². The van der Waals surface area contributed by atoms with E-state index in [-0.39, 0.29) is 5.91 Å². The SMILES string of the molecule is C/C(N)=C/C=C(\N)N1CCNC(=O)C1.CC. The van der Waals surface area contributed by atoms with Crippen LogP contribution in [0.5, 0.6) is 0 Å². The molecule has 16 heavy (non-hydrogen) atoms. The molecule has 1 saturated heterocycles. The predicted octanol–water partition coefficient (Wildman–Crippen LogP) is 0.107. The minimum absolute atomic E-state index is 0.000972. The summed E-state index contributed by atoms with van der Waals surface area (Å²) in [6, 6.07) is 0. The van der Waals surface area contributed by atoms with Gasteiger partial charge in [-0.2, -0.15) is 0 Å². The van der Waals surface area contributed by atoms with Crippen molar-refractivity contribution in [3.05, 3.63) is 23.7 Å². The molecule has 0 aliphatic carbocycles. The highest BCUT2D eigenvalue weighted by Gasteiger charge is 2.15. The van der Waals surface area contributed by atoms with Gasteiger partial charge in [0.05, 0.1) is 12.4 Å². The summed E-state index contributed by atoms with van der Waals surface area (Å²) < 4.78 is 0. The maximum absolute atomic E-state index is 11.0. The Labute approximate surface area is 97.2 Å². The van der Waals surface area contributed by atoms with Crippen LogP contribution < -0.4 is 16.8 Å². The average molecular weight is 226 g/mol. The van der Waals surface area contributed by atoms with E-state index in [0.29, 0.717) is 24.6 Å². The van der Waals surface area contributed by atoms with Crippen molar-refractivity contribution in [2.45, 2.75) is 20.8 Å². The number of nitrogens with one attached hydrogen (secondary N) is 1. The average Bonchev–Trinajstić information content (AvgIpc) is 2.28. The molecule has 92 valence electrons. The number of amides is 1. The number of carbonyl (C=O) groups is 1. The van der Waals surface area contributed by atoms with E-state index >= 15 is 0 Å². The van der Waals surface area contributed by atoms with Gasteiger partial charge in [-0.25, -0.2) is 0 Å². The number of hydrogen-bond acceptors (Lipinski definition) is 4. The molecule has 0 radical (unpaired) electrons. The molecule has 0 aromatic heterocycles. The zero-order chi connectivity index (χ0) is 12.6. The van der Waals surface area contributed by atoms with Gasteiger partial charge in [-0.05, 0) is 19.1 Å². The van der Waals surface area contributed by atoms with Crippen molar-refractivity contribution in [1.29, 1.82) is 0 Å². The van der Waals surface area contributed by atoms with Gasteiger partial charge in [-0.1, -0.05) is 13.8 Å². The molecule has 1 heterocycles. The Kier molecular flexibility index (Phi) is 6.83. The highest BCUT2D eigenvalue weighted by atomic mass is 16.2. The summed E-state index contributed by atoms with van der Waals surface area (Å²) >= 11 is 0. The van der Waals surface area contributed by atoms with E-state index in [2.05, 4.69) is 5.32 Å². The Morgan fingerprint density at radius 2 is 2.00 bits per heavy atom. The third-order valence-electron chi connectivity index (χ3n) is 1.92. The largest absolute Gasteiger partial charge is 0.402 e. The van der Waals surface area contributed by atoms with Crippen molar-refractivity contribution in [2.75, 3.05) is 19.6 Å². The molecule has 1 fully saturated rings. The number of rotatable bonds is 2. The monoisotopic (exact) mass is 226 g/mol. The van der Waals surface area contributed by atoms with Crippen LogP contribution in [-0.2, 0) is 4.79 Å². The van der Waals surface area contributed by atoms with E-state index in [0.717, 1.165) is 6.54 Å². The number of nitrogens with two attached hydrogens (primary N) is 2. The third-order valence-corrected chi connectivity index (χ3v) is 1.92. The lowest BCUT2D eigenvalue weighted by Crippen LogP contribution is -2.48. The second kappa shape index (κ2) is 7.62. The van der Waals surface area contributed by atoms with Crippen molar-refractivity contribution in [2.24, 2.45) is 11.5 Å². The fraction of sp³-hybridized carbons (Fsp3) is 0.545. The molecule has 1 aliphatic heterocycles. The van der Waals surface area contributed by atoms with Crippen LogP contribution in [0, 0.1) is 0 Å². The van der Waals surface area contributed by atoms with E-state index in [4.69, 9.17) is 11.5 Å². The van der Waals surface area contributed by atoms with E-state index < -0.39 is 0 Å². The Bertz CT molecular complexity index is 280. The van der Waals surface area contributed by atoms with E-state index in [1.54, 1.807) is 19.1 Å². The third kappa shape index (κ3) is 5.29. The quantitative estimate of drug-likeness (QED) is 0.583. The maximum atomic E-state index is 11.0. The first-order valence-electron chi connectivity index (χ1n) is 5.51. The molecular formula is C11H22N4O. The van der Waals surface area contributed by atoms with Gasteiger partial charge in [0.15, 0.2) is 0 Å². The summed E-state index contributed by atoms with van der Waals surface area (Å²) in [4.78, 5) is 12.9. The molecule has 0 aromatic rings. The zero-order valence-electron chi connectivity index (χ0n) is 10.3. The molecule has 5 N–H and O–H groups in total. The highest BCUT2D eigenvalue weighted by Crippen LogP contribution is 2.00. The van der Waals surface area contributed by atoms with Crippen LogP contribution in [0.2, 0.25) is 0 Å². The van der Waals surface area contributed by atoms with Gasteiger partial charge in [0, 0.05) is 18.8 Å². The first-order valence-corrected chi connectivity index (χ1v) is 5.51. The summed E-state index contributed by atoms with van der Waals surface area (Å²) in [7, 11) is 0. The number of nitrogens with zero attached hydrogens (tertiary/aromatic N) is 1. The van der Waals surface area contributed by atoms with Crippen LogP contribution in [0.1, 0.15) is 20.8 Å². The number of allylic oxidation sites excluding steroid dienone is 3. The van der Waals surface area contributed by atoms with Gasteiger partial charge >= 0.3 is 0 Å². The second-order valence-electron chi connectivity index (χ2n) is 3.27. The van der Waals surface area contributed by atoms with E-state index in [1.807, 2.05) is 18.7 Å². The lowest BCUT2D eigenvalue weighted by Gasteiger charge is -2.28. The van der Waals surface area contributed by atoms with Crippen molar-refractivity contribution >= 4 is 5.91 Å². The molecule has 0 atom stereocenters. The first-order chi connectivity index (χ1) is 7.59. The van der Waals surface area contributed by atoms with Crippen molar-refractivity contribution < 1.29 is 4.79 Å². The lowest BCUT2D eigenvalue weighted by atomic mass is 10.3. The van der Waals surface area contributed by atoms with Gasteiger partial charge in [0.25, 0.3) is 0 Å². The Morgan fingerprint density at radius 3 is 2.50 bits per heavy atom. The lowest BCUT2D eigenvalue weighted by molar-refractivity contribution is -0.123. The summed E-state index contributed by atoms with van der Waals surface area (Å²) in [6.45, 7) is 7.48. The number of hydrogen-bond donors (Lipinski definition) is 3. The van der Waals surface area contributed by atoms with Crippen LogP contribution in [-0.4, -0.2) is 30.4 Å². The standard InChI is InChI=1S/C9H16N4O.C2H6/c1-7(10)2-3-8(11)13-5-4-12-9(14)6-13;1-2/h2-3H,4-6,10-11H2,1H3,(H,12,14);1-2H3/b7-2-,8-3+;. The minimum Gasteiger partial charge on any atom is -0.402 e. The summed E-state index contributed by atoms with van der Waals surface area (Å²) in [5, 5.41) is 2.73. The van der Waals surface area contributed by atoms with Crippen LogP contribution in [0.25, 0.3) is 0 Å². The van der Waals surface area contributed by atoms with E-state index in [1.165, 1.54) is 0 Å². The summed E-state index contributed by atoms with van der Waals surface area (Å²) in [5.41, 5.74) is 11.9. The first kappa shape index (κ1) is 14.3. The molecule has 0 spiro atoms. The fourth-order valence-electron chi connectivity index (χ4n) is 1.18. The highest BCUT2D eigenvalue weighted by molar-refractivity contribution is 5.78. The number of piperazine rings is 1. The zero-order valence-corrected chi connectivity index (χ0v) is 10.3. The van der Waals surface area contributed by atoms with Crippen LogP contribution in [0.3, 0.4) is 0 Å². The molecule has 1 rings (SSSR count). The van der Waals surface area contributed by atoms with Crippen molar-refractivity contribution in [3.8, 4) is 0 Å². The minimum atomic E-state index is 0.000972. The predicted molar refractivity (Wildman–Crippen MR) is 66.1 cm³/mol. The molecule has 0 unspecified atom stereocenters.